The van der Waals surface area contributed by atoms with E-state index in [0.29, 0.717) is 17.1 Å². The molecular formula is C14H7Br4NO. The van der Waals surface area contributed by atoms with Crippen LogP contribution in [0.3, 0.4) is 0 Å². The number of hydrogen-bond acceptors (Lipinski definition) is 2. The molecule has 0 unspecified atom stereocenters. The minimum Gasteiger partial charge on any atom is -0.457 e. The van der Waals surface area contributed by atoms with Gasteiger partial charge >= 0.3 is 0 Å². The van der Waals surface area contributed by atoms with Gasteiger partial charge in [0.1, 0.15) is 11.5 Å². The minimum absolute atomic E-state index is 0.518. The number of benzene rings is 2. The SMILES string of the molecule is N#Cc1ccc(Oc2ccc(Br)c(C(Br)(Br)Br)c2)cc1. The largest absolute Gasteiger partial charge is 0.457 e. The van der Waals surface area contributed by atoms with Crippen LogP contribution < -0.4 is 4.74 Å². The molecule has 20 heavy (non-hydrogen) atoms. The van der Waals surface area contributed by atoms with Crippen molar-refractivity contribution in [3.63, 3.8) is 0 Å². The van der Waals surface area contributed by atoms with Crippen molar-refractivity contribution >= 4 is 63.7 Å². The van der Waals surface area contributed by atoms with Crippen LogP contribution in [-0.4, -0.2) is 0 Å². The van der Waals surface area contributed by atoms with Crippen LogP contribution in [0.5, 0.6) is 11.5 Å². The second kappa shape index (κ2) is 6.61. The Morgan fingerprint density at radius 2 is 1.55 bits per heavy atom. The monoisotopic (exact) mass is 521 g/mol. The molecule has 6 heteroatoms. The molecule has 2 nitrogen and oxygen atoms in total. The first-order valence-corrected chi connectivity index (χ1v) is 8.62. The average Bonchev–Trinajstić information content (AvgIpc) is 2.40. The molecule has 0 radical (unpaired) electrons. The zero-order valence-corrected chi connectivity index (χ0v) is 16.3. The molecule has 0 aliphatic heterocycles. The third-order valence-corrected chi connectivity index (χ3v) is 4.44. The fraction of sp³-hybridized carbons (Fsp3) is 0.0714. The van der Waals surface area contributed by atoms with E-state index < -0.39 is 2.14 Å². The molecule has 0 spiro atoms. The quantitative estimate of drug-likeness (QED) is 0.426. The van der Waals surface area contributed by atoms with Crippen LogP contribution in [0.4, 0.5) is 0 Å². The Hall–Kier alpha value is -0.350. The van der Waals surface area contributed by atoms with Crippen LogP contribution in [0.2, 0.25) is 0 Å². The highest BCUT2D eigenvalue weighted by Gasteiger charge is 2.24. The molecule has 102 valence electrons. The Balaban J connectivity index is 2.28. The van der Waals surface area contributed by atoms with Gasteiger partial charge in [0.25, 0.3) is 0 Å². The van der Waals surface area contributed by atoms with E-state index in [4.69, 9.17) is 10.00 Å². The lowest BCUT2D eigenvalue weighted by Gasteiger charge is -2.16. The molecule has 0 aliphatic carbocycles. The van der Waals surface area contributed by atoms with Gasteiger partial charge in [-0.2, -0.15) is 5.26 Å². The van der Waals surface area contributed by atoms with Crippen LogP contribution in [-0.2, 0) is 2.14 Å². The van der Waals surface area contributed by atoms with E-state index in [-0.39, 0.29) is 0 Å². The highest BCUT2D eigenvalue weighted by atomic mass is 80.0. The third-order valence-electron chi connectivity index (χ3n) is 2.46. The standard InChI is InChI=1S/C14H7Br4NO/c15-13-6-5-11(7-12(13)14(16,17)18)20-10-3-1-9(8-19)2-4-10/h1-7H. The smallest absolute Gasteiger partial charge is 0.161 e. The highest BCUT2D eigenvalue weighted by molar-refractivity contribution is 9.38. The van der Waals surface area contributed by atoms with Crippen molar-refractivity contribution in [1.29, 1.82) is 5.26 Å². The number of ether oxygens (including phenoxy) is 1. The van der Waals surface area contributed by atoms with Gasteiger partial charge in [0, 0.05) is 10.0 Å². The van der Waals surface area contributed by atoms with Crippen molar-refractivity contribution in [2.24, 2.45) is 0 Å². The first-order chi connectivity index (χ1) is 9.40. The lowest BCUT2D eigenvalue weighted by Crippen LogP contribution is -1.99. The highest BCUT2D eigenvalue weighted by Crippen LogP contribution is 2.48. The topological polar surface area (TPSA) is 33.0 Å². The minimum atomic E-state index is -0.518. The number of hydrogen-bond donors (Lipinski definition) is 0. The molecule has 2 aromatic carbocycles. The third kappa shape index (κ3) is 4.08. The Kier molecular flexibility index (Phi) is 5.30. The van der Waals surface area contributed by atoms with E-state index in [1.165, 1.54) is 0 Å². The van der Waals surface area contributed by atoms with Crippen LogP contribution in [0, 0.1) is 11.3 Å². The molecule has 2 aromatic rings. The molecule has 0 saturated carbocycles. The molecule has 2 rings (SSSR count). The van der Waals surface area contributed by atoms with E-state index in [2.05, 4.69) is 69.8 Å². The van der Waals surface area contributed by atoms with Crippen molar-refractivity contribution in [1.82, 2.24) is 0 Å². The van der Waals surface area contributed by atoms with Gasteiger partial charge in [0.05, 0.1) is 11.6 Å². The van der Waals surface area contributed by atoms with E-state index in [1.54, 1.807) is 24.3 Å². The molecule has 0 aromatic heterocycles. The lowest BCUT2D eigenvalue weighted by molar-refractivity contribution is 0.482. The first-order valence-electron chi connectivity index (χ1n) is 5.45. The van der Waals surface area contributed by atoms with Gasteiger partial charge in [-0.15, -0.1) is 0 Å². The zero-order chi connectivity index (χ0) is 14.8. The predicted octanol–water partition coefficient (Wildman–Crippen LogP) is 6.41. The second-order valence-electron chi connectivity index (χ2n) is 3.88. The second-order valence-corrected chi connectivity index (χ2v) is 11.5. The summed E-state index contributed by atoms with van der Waals surface area (Å²) in [5.41, 5.74) is 1.55. The van der Waals surface area contributed by atoms with Gasteiger partial charge in [0.2, 0.25) is 0 Å². The number of alkyl halides is 3. The summed E-state index contributed by atoms with van der Waals surface area (Å²) >= 11 is 14.0. The summed E-state index contributed by atoms with van der Waals surface area (Å²) in [6, 6.07) is 14.7. The van der Waals surface area contributed by atoms with Crippen LogP contribution >= 0.6 is 63.7 Å². The maximum absolute atomic E-state index is 8.76. The zero-order valence-electron chi connectivity index (χ0n) is 9.91. The molecule has 0 amide bonds. The molecular weight excluding hydrogens is 518 g/mol. The van der Waals surface area contributed by atoms with Crippen LogP contribution in [0.1, 0.15) is 11.1 Å². The average molecular weight is 525 g/mol. The fourth-order valence-corrected chi connectivity index (χ4v) is 3.84. The van der Waals surface area contributed by atoms with Crippen molar-refractivity contribution in [3.05, 3.63) is 58.1 Å². The molecule has 0 atom stereocenters. The van der Waals surface area contributed by atoms with E-state index in [9.17, 15) is 0 Å². The molecule has 0 aliphatic rings. The lowest BCUT2D eigenvalue weighted by atomic mass is 10.2. The van der Waals surface area contributed by atoms with Gasteiger partial charge in [-0.1, -0.05) is 63.7 Å². The van der Waals surface area contributed by atoms with E-state index in [0.717, 1.165) is 10.0 Å². The van der Waals surface area contributed by atoms with E-state index >= 15 is 0 Å². The maximum atomic E-state index is 8.76. The summed E-state index contributed by atoms with van der Waals surface area (Å²) in [5.74, 6) is 1.39. The molecule has 0 fully saturated rings. The number of halogens is 4. The molecule has 0 bridgehead atoms. The Morgan fingerprint density at radius 1 is 0.950 bits per heavy atom. The predicted molar refractivity (Wildman–Crippen MR) is 93.8 cm³/mol. The van der Waals surface area contributed by atoms with Gasteiger partial charge < -0.3 is 4.74 Å². The van der Waals surface area contributed by atoms with Crippen LogP contribution in [0.25, 0.3) is 0 Å². The first kappa shape index (κ1) is 16.0. The van der Waals surface area contributed by atoms with Gasteiger partial charge in [-0.25, -0.2) is 0 Å². The van der Waals surface area contributed by atoms with E-state index in [1.807, 2.05) is 18.2 Å². The summed E-state index contributed by atoms with van der Waals surface area (Å²) in [6.07, 6.45) is 0. The Labute approximate surface area is 150 Å². The summed E-state index contributed by atoms with van der Waals surface area (Å²) in [7, 11) is 0. The maximum Gasteiger partial charge on any atom is 0.161 e. The Bertz CT molecular complexity index is 656. The van der Waals surface area contributed by atoms with Gasteiger partial charge in [0.15, 0.2) is 2.14 Å². The number of rotatable bonds is 2. The molecule has 0 heterocycles. The summed E-state index contributed by atoms with van der Waals surface area (Å²) < 4.78 is 6.20. The van der Waals surface area contributed by atoms with Crippen molar-refractivity contribution < 1.29 is 4.74 Å². The Morgan fingerprint density at radius 3 is 2.10 bits per heavy atom. The van der Waals surface area contributed by atoms with Gasteiger partial charge in [-0.3, -0.25) is 0 Å². The van der Waals surface area contributed by atoms with Crippen molar-refractivity contribution in [3.8, 4) is 17.6 Å². The molecule has 0 saturated heterocycles. The summed E-state index contributed by atoms with van der Waals surface area (Å²) in [4.78, 5) is 0. The normalized spacial score (nSPS) is 10.9. The summed E-state index contributed by atoms with van der Waals surface area (Å²) in [6.45, 7) is 0. The summed E-state index contributed by atoms with van der Waals surface area (Å²) in [5, 5.41) is 8.76. The number of nitriles is 1. The van der Waals surface area contributed by atoms with Crippen LogP contribution in [0.15, 0.2) is 46.9 Å². The van der Waals surface area contributed by atoms with Crippen molar-refractivity contribution in [2.75, 3.05) is 0 Å². The number of nitrogens with zero attached hydrogens (tertiary/aromatic N) is 1. The fourth-order valence-electron chi connectivity index (χ4n) is 1.52. The van der Waals surface area contributed by atoms with Crippen molar-refractivity contribution in [2.45, 2.75) is 2.14 Å². The van der Waals surface area contributed by atoms with Gasteiger partial charge in [-0.05, 0) is 42.5 Å². The molecule has 0 N–H and O–H groups in total.